The van der Waals surface area contributed by atoms with Crippen LogP contribution in [0.3, 0.4) is 0 Å². The zero-order chi connectivity index (χ0) is 16.3. The van der Waals surface area contributed by atoms with Gasteiger partial charge in [0.1, 0.15) is 5.75 Å². The van der Waals surface area contributed by atoms with Crippen LogP contribution in [0.1, 0.15) is 30.6 Å². The molecule has 1 heterocycles. The third-order valence-corrected chi connectivity index (χ3v) is 7.07. The predicted molar refractivity (Wildman–Crippen MR) is 92.6 cm³/mol. The van der Waals surface area contributed by atoms with Crippen LogP contribution in [0.5, 0.6) is 5.75 Å². The van der Waals surface area contributed by atoms with E-state index >= 15 is 0 Å². The summed E-state index contributed by atoms with van der Waals surface area (Å²) in [4.78, 5) is 1.53. The largest absolute Gasteiger partial charge is 0.497 e. The van der Waals surface area contributed by atoms with E-state index in [0.717, 1.165) is 25.7 Å². The Morgan fingerprint density at radius 1 is 1.22 bits per heavy atom. The molecule has 6 heteroatoms. The Kier molecular flexibility index (Phi) is 4.75. The SMILES string of the molecule is COc1cccc(S(=O)(=O)NCC2(c3cccs3)CCCC2)c1. The fourth-order valence-electron chi connectivity index (χ4n) is 3.23. The second kappa shape index (κ2) is 6.63. The first-order chi connectivity index (χ1) is 11.1. The lowest BCUT2D eigenvalue weighted by Crippen LogP contribution is -2.38. The molecule has 1 aromatic heterocycles. The Bertz CT molecular complexity index is 748. The molecule has 1 saturated carbocycles. The van der Waals surface area contributed by atoms with Gasteiger partial charge in [0.2, 0.25) is 10.0 Å². The summed E-state index contributed by atoms with van der Waals surface area (Å²) in [6, 6.07) is 10.7. The number of methoxy groups -OCH3 is 1. The van der Waals surface area contributed by atoms with Gasteiger partial charge in [-0.05, 0) is 36.4 Å². The Morgan fingerprint density at radius 2 is 2.00 bits per heavy atom. The zero-order valence-electron chi connectivity index (χ0n) is 13.1. The monoisotopic (exact) mass is 351 g/mol. The minimum atomic E-state index is -3.53. The Hall–Kier alpha value is -1.37. The van der Waals surface area contributed by atoms with Crippen molar-refractivity contribution in [3.05, 3.63) is 46.7 Å². The molecule has 1 fully saturated rings. The van der Waals surface area contributed by atoms with Gasteiger partial charge >= 0.3 is 0 Å². The van der Waals surface area contributed by atoms with E-state index in [2.05, 4.69) is 16.2 Å². The van der Waals surface area contributed by atoms with E-state index in [1.165, 1.54) is 12.0 Å². The average Bonchev–Trinajstić information content (AvgIpc) is 3.25. The summed E-state index contributed by atoms with van der Waals surface area (Å²) in [5.41, 5.74) is -0.0555. The fraction of sp³-hybridized carbons (Fsp3) is 0.412. The summed E-state index contributed by atoms with van der Waals surface area (Å²) in [5, 5.41) is 2.06. The molecule has 1 aromatic carbocycles. The molecule has 124 valence electrons. The molecule has 1 aliphatic carbocycles. The van der Waals surface area contributed by atoms with E-state index in [1.807, 2.05) is 6.07 Å². The van der Waals surface area contributed by atoms with Gasteiger partial charge in [0.15, 0.2) is 0 Å². The van der Waals surface area contributed by atoms with Crippen molar-refractivity contribution < 1.29 is 13.2 Å². The molecule has 0 atom stereocenters. The normalized spacial score (nSPS) is 17.3. The first kappa shape index (κ1) is 16.5. The number of benzene rings is 1. The highest BCUT2D eigenvalue weighted by Crippen LogP contribution is 2.42. The van der Waals surface area contributed by atoms with Gasteiger partial charge in [-0.1, -0.05) is 25.0 Å². The molecule has 0 bridgehead atoms. The van der Waals surface area contributed by atoms with Crippen molar-refractivity contribution in [1.82, 2.24) is 4.72 Å². The lowest BCUT2D eigenvalue weighted by Gasteiger charge is -2.28. The molecule has 3 rings (SSSR count). The van der Waals surface area contributed by atoms with Crippen molar-refractivity contribution in [3.8, 4) is 5.75 Å². The molecular weight excluding hydrogens is 330 g/mol. The molecule has 1 N–H and O–H groups in total. The molecule has 1 aliphatic rings. The summed E-state index contributed by atoms with van der Waals surface area (Å²) in [6.07, 6.45) is 4.37. The van der Waals surface area contributed by atoms with Crippen molar-refractivity contribution in [2.24, 2.45) is 0 Å². The van der Waals surface area contributed by atoms with Crippen molar-refractivity contribution in [2.45, 2.75) is 36.0 Å². The van der Waals surface area contributed by atoms with Crippen LogP contribution in [0.25, 0.3) is 0 Å². The third kappa shape index (κ3) is 3.44. The van der Waals surface area contributed by atoms with Crippen molar-refractivity contribution in [1.29, 1.82) is 0 Å². The van der Waals surface area contributed by atoms with Gasteiger partial charge in [-0.3, -0.25) is 0 Å². The van der Waals surface area contributed by atoms with E-state index < -0.39 is 10.0 Å². The smallest absolute Gasteiger partial charge is 0.240 e. The fourth-order valence-corrected chi connectivity index (χ4v) is 5.38. The van der Waals surface area contributed by atoms with Gasteiger partial charge in [-0.2, -0.15) is 0 Å². The van der Waals surface area contributed by atoms with Crippen molar-refractivity contribution in [3.63, 3.8) is 0 Å². The molecular formula is C17H21NO3S2. The third-order valence-electron chi connectivity index (χ3n) is 4.56. The second-order valence-corrected chi connectivity index (χ2v) is 8.68. The van der Waals surface area contributed by atoms with E-state index in [-0.39, 0.29) is 10.3 Å². The maximum absolute atomic E-state index is 12.6. The summed E-state index contributed by atoms with van der Waals surface area (Å²) >= 11 is 1.72. The molecule has 0 aliphatic heterocycles. The number of nitrogens with one attached hydrogen (secondary N) is 1. The van der Waals surface area contributed by atoms with E-state index in [9.17, 15) is 8.42 Å². The van der Waals surface area contributed by atoms with Gasteiger partial charge < -0.3 is 4.74 Å². The van der Waals surface area contributed by atoms with Crippen LogP contribution in [0, 0.1) is 0 Å². The summed E-state index contributed by atoms with van der Waals surface area (Å²) in [6.45, 7) is 0.451. The van der Waals surface area contributed by atoms with Crippen LogP contribution >= 0.6 is 11.3 Å². The second-order valence-electron chi connectivity index (χ2n) is 5.97. The van der Waals surface area contributed by atoms with Crippen LogP contribution in [-0.4, -0.2) is 22.1 Å². The van der Waals surface area contributed by atoms with Crippen LogP contribution in [0.4, 0.5) is 0 Å². The topological polar surface area (TPSA) is 55.4 Å². The van der Waals surface area contributed by atoms with E-state index in [4.69, 9.17) is 4.74 Å². The first-order valence-electron chi connectivity index (χ1n) is 7.73. The van der Waals surface area contributed by atoms with Crippen LogP contribution < -0.4 is 9.46 Å². The van der Waals surface area contributed by atoms with Crippen LogP contribution in [-0.2, 0) is 15.4 Å². The maximum Gasteiger partial charge on any atom is 0.240 e. The highest BCUT2D eigenvalue weighted by Gasteiger charge is 2.37. The minimum absolute atomic E-state index is 0.0555. The van der Waals surface area contributed by atoms with Crippen LogP contribution in [0.2, 0.25) is 0 Å². The highest BCUT2D eigenvalue weighted by atomic mass is 32.2. The van der Waals surface area contributed by atoms with Gasteiger partial charge in [0.25, 0.3) is 0 Å². The molecule has 23 heavy (non-hydrogen) atoms. The van der Waals surface area contributed by atoms with Crippen LogP contribution in [0.15, 0.2) is 46.7 Å². The average molecular weight is 351 g/mol. The number of thiophene rings is 1. The summed E-state index contributed by atoms with van der Waals surface area (Å²) in [7, 11) is -2.00. The maximum atomic E-state index is 12.6. The van der Waals surface area contributed by atoms with Gasteiger partial charge in [0, 0.05) is 22.9 Å². The molecule has 2 aromatic rings. The first-order valence-corrected chi connectivity index (χ1v) is 10.1. The molecule has 0 amide bonds. The van der Waals surface area contributed by atoms with E-state index in [0.29, 0.717) is 12.3 Å². The Morgan fingerprint density at radius 3 is 2.65 bits per heavy atom. The minimum Gasteiger partial charge on any atom is -0.497 e. The predicted octanol–water partition coefficient (Wildman–Crippen LogP) is 3.55. The Balaban J connectivity index is 1.80. The summed E-state index contributed by atoms with van der Waals surface area (Å²) < 4.78 is 33.1. The van der Waals surface area contributed by atoms with Gasteiger partial charge in [0.05, 0.1) is 12.0 Å². The molecule has 0 saturated heterocycles. The lowest BCUT2D eigenvalue weighted by molar-refractivity contribution is 0.413. The van der Waals surface area contributed by atoms with Gasteiger partial charge in [-0.25, -0.2) is 13.1 Å². The molecule has 0 unspecified atom stereocenters. The number of rotatable bonds is 6. The van der Waals surface area contributed by atoms with Gasteiger partial charge in [-0.15, -0.1) is 11.3 Å². The van der Waals surface area contributed by atoms with Crippen molar-refractivity contribution >= 4 is 21.4 Å². The zero-order valence-corrected chi connectivity index (χ0v) is 14.8. The van der Waals surface area contributed by atoms with Crippen molar-refractivity contribution in [2.75, 3.05) is 13.7 Å². The molecule has 0 spiro atoms. The number of sulfonamides is 1. The lowest BCUT2D eigenvalue weighted by atomic mass is 9.85. The quantitative estimate of drug-likeness (QED) is 0.866. The number of hydrogen-bond donors (Lipinski definition) is 1. The van der Waals surface area contributed by atoms with E-state index in [1.54, 1.807) is 35.6 Å². The number of ether oxygens (including phenoxy) is 1. The molecule has 4 nitrogen and oxygen atoms in total. The highest BCUT2D eigenvalue weighted by molar-refractivity contribution is 7.89. The molecule has 0 radical (unpaired) electrons. The standard InChI is InChI=1S/C17H21NO3S2/c1-21-14-6-4-7-15(12-14)23(19,20)18-13-17(9-2-3-10-17)16-8-5-11-22-16/h4-8,11-12,18H,2-3,9-10,13H2,1H3. The number of hydrogen-bond acceptors (Lipinski definition) is 4. The Labute approximate surface area is 141 Å². The summed E-state index contributed by atoms with van der Waals surface area (Å²) in [5.74, 6) is 0.543.